The highest BCUT2D eigenvalue weighted by atomic mass is 32.2. The zero-order valence-corrected chi connectivity index (χ0v) is 20.2. The summed E-state index contributed by atoms with van der Waals surface area (Å²) in [7, 11) is 0. The van der Waals surface area contributed by atoms with E-state index in [4.69, 9.17) is 4.42 Å². The van der Waals surface area contributed by atoms with Crippen LogP contribution in [-0.2, 0) is 5.75 Å². The van der Waals surface area contributed by atoms with E-state index >= 15 is 0 Å². The number of benzene rings is 3. The molecule has 3 aromatic heterocycles. The third kappa shape index (κ3) is 3.47. The minimum Gasteiger partial charge on any atom is -0.508 e. The fourth-order valence-electron chi connectivity index (χ4n) is 4.45. The Labute approximate surface area is 208 Å². The third-order valence-electron chi connectivity index (χ3n) is 6.38. The molecule has 0 spiro atoms. The fourth-order valence-corrected chi connectivity index (χ4v) is 5.38. The molecule has 0 fully saturated rings. The van der Waals surface area contributed by atoms with E-state index in [-0.39, 0.29) is 11.3 Å². The summed E-state index contributed by atoms with van der Waals surface area (Å²) in [4.78, 5) is 25.7. The van der Waals surface area contributed by atoms with Crippen molar-refractivity contribution >= 4 is 39.4 Å². The number of aryl methyl sites for hydroxylation is 1. The van der Waals surface area contributed by atoms with Crippen molar-refractivity contribution in [1.82, 2.24) is 19.2 Å². The second-order valence-corrected chi connectivity index (χ2v) is 9.50. The van der Waals surface area contributed by atoms with Crippen molar-refractivity contribution < 1.29 is 9.52 Å². The number of thioether (sulfide) groups is 1. The molecule has 0 unspecified atom stereocenters. The standard InChI is InChI=1S/C27H20N4O4S/c1-15-6-5-9-21(16(15)2)30-25(34)20-7-3-4-8-22(20)31-26(30)28-29-27(31)36-14-17-12-24(33)35-23-13-18(32)10-11-19(17)23/h3-13,32H,14H2,1-2H3. The van der Waals surface area contributed by atoms with Gasteiger partial charge in [0, 0.05) is 23.3 Å². The summed E-state index contributed by atoms with van der Waals surface area (Å²) in [5, 5.41) is 20.5. The number of hydrogen-bond acceptors (Lipinski definition) is 7. The summed E-state index contributed by atoms with van der Waals surface area (Å²) in [5.41, 5.74) is 3.92. The van der Waals surface area contributed by atoms with Crippen LogP contribution in [0.1, 0.15) is 16.7 Å². The van der Waals surface area contributed by atoms with Gasteiger partial charge in [-0.3, -0.25) is 9.20 Å². The molecule has 6 rings (SSSR count). The molecule has 8 nitrogen and oxygen atoms in total. The number of fused-ring (bicyclic) bond motifs is 4. The number of para-hydroxylation sites is 1. The first-order valence-electron chi connectivity index (χ1n) is 11.3. The Morgan fingerprint density at radius 2 is 1.78 bits per heavy atom. The molecule has 9 heteroatoms. The van der Waals surface area contributed by atoms with E-state index in [1.54, 1.807) is 22.8 Å². The van der Waals surface area contributed by atoms with Crippen LogP contribution in [0.2, 0.25) is 0 Å². The van der Waals surface area contributed by atoms with E-state index in [1.165, 1.54) is 23.9 Å². The largest absolute Gasteiger partial charge is 0.508 e. The molecule has 1 N–H and O–H groups in total. The van der Waals surface area contributed by atoms with Crippen LogP contribution in [0.4, 0.5) is 0 Å². The van der Waals surface area contributed by atoms with Gasteiger partial charge in [-0.15, -0.1) is 10.2 Å². The zero-order valence-electron chi connectivity index (χ0n) is 19.4. The van der Waals surface area contributed by atoms with E-state index in [0.717, 1.165) is 27.8 Å². The van der Waals surface area contributed by atoms with E-state index < -0.39 is 5.63 Å². The second kappa shape index (κ2) is 8.39. The summed E-state index contributed by atoms with van der Waals surface area (Å²) in [6, 6.07) is 19.4. The van der Waals surface area contributed by atoms with Gasteiger partial charge in [0.1, 0.15) is 11.3 Å². The van der Waals surface area contributed by atoms with Crippen molar-refractivity contribution in [3.8, 4) is 11.4 Å². The summed E-state index contributed by atoms with van der Waals surface area (Å²) in [6.07, 6.45) is 0. The Kier molecular flexibility index (Phi) is 5.15. The van der Waals surface area contributed by atoms with Gasteiger partial charge in [0.2, 0.25) is 5.78 Å². The van der Waals surface area contributed by atoms with Crippen molar-refractivity contribution in [2.24, 2.45) is 0 Å². The lowest BCUT2D eigenvalue weighted by Gasteiger charge is -2.14. The van der Waals surface area contributed by atoms with Crippen LogP contribution >= 0.6 is 11.8 Å². The van der Waals surface area contributed by atoms with Crippen LogP contribution in [0.3, 0.4) is 0 Å². The first-order valence-corrected chi connectivity index (χ1v) is 12.2. The quantitative estimate of drug-likeness (QED) is 0.277. The average molecular weight is 497 g/mol. The fraction of sp³-hybridized carbons (Fsp3) is 0.111. The Morgan fingerprint density at radius 1 is 0.944 bits per heavy atom. The van der Waals surface area contributed by atoms with Gasteiger partial charge in [0.05, 0.1) is 16.6 Å². The van der Waals surface area contributed by atoms with Crippen LogP contribution < -0.4 is 11.2 Å². The maximum Gasteiger partial charge on any atom is 0.336 e. The lowest BCUT2D eigenvalue weighted by Crippen LogP contribution is -2.22. The molecule has 0 aliphatic rings. The zero-order chi connectivity index (χ0) is 25.0. The Hall–Kier alpha value is -4.37. The maximum absolute atomic E-state index is 13.6. The number of aromatic hydroxyl groups is 1. The average Bonchev–Trinajstić information content (AvgIpc) is 3.28. The lowest BCUT2D eigenvalue weighted by atomic mass is 10.1. The molecule has 0 saturated heterocycles. The summed E-state index contributed by atoms with van der Waals surface area (Å²) < 4.78 is 8.74. The molecule has 0 amide bonds. The molecule has 0 radical (unpaired) electrons. The van der Waals surface area contributed by atoms with Crippen molar-refractivity contribution in [2.75, 3.05) is 0 Å². The van der Waals surface area contributed by atoms with E-state index in [0.29, 0.717) is 33.2 Å². The molecule has 6 aromatic rings. The van der Waals surface area contributed by atoms with Crippen LogP contribution in [0.15, 0.2) is 85.9 Å². The SMILES string of the molecule is Cc1cccc(-n2c(=O)c3ccccc3n3c(SCc4cc(=O)oc5cc(O)ccc45)nnc23)c1C. The van der Waals surface area contributed by atoms with E-state index in [1.807, 2.05) is 54.6 Å². The van der Waals surface area contributed by atoms with Crippen LogP contribution in [0, 0.1) is 13.8 Å². The Balaban J connectivity index is 1.55. The van der Waals surface area contributed by atoms with Crippen LogP contribution in [0.5, 0.6) is 5.75 Å². The monoisotopic (exact) mass is 496 g/mol. The van der Waals surface area contributed by atoms with Gasteiger partial charge < -0.3 is 9.52 Å². The minimum atomic E-state index is -0.496. The highest BCUT2D eigenvalue weighted by Gasteiger charge is 2.19. The van der Waals surface area contributed by atoms with Gasteiger partial charge in [0.15, 0.2) is 5.16 Å². The van der Waals surface area contributed by atoms with Crippen molar-refractivity contribution in [3.63, 3.8) is 0 Å². The molecule has 36 heavy (non-hydrogen) atoms. The van der Waals surface area contributed by atoms with Gasteiger partial charge in [-0.2, -0.15) is 0 Å². The first kappa shape index (κ1) is 22.1. The highest BCUT2D eigenvalue weighted by molar-refractivity contribution is 7.98. The summed E-state index contributed by atoms with van der Waals surface area (Å²) in [5.74, 6) is 0.844. The predicted molar refractivity (Wildman–Crippen MR) is 139 cm³/mol. The third-order valence-corrected chi connectivity index (χ3v) is 7.36. The highest BCUT2D eigenvalue weighted by Crippen LogP contribution is 2.29. The van der Waals surface area contributed by atoms with Gasteiger partial charge in [-0.05, 0) is 60.9 Å². The van der Waals surface area contributed by atoms with Crippen molar-refractivity contribution in [2.45, 2.75) is 24.8 Å². The molecular formula is C27H20N4O4S. The predicted octanol–water partition coefficient (Wildman–Crippen LogP) is 4.75. The first-order chi connectivity index (χ1) is 17.4. The topological polar surface area (TPSA) is 103 Å². The summed E-state index contributed by atoms with van der Waals surface area (Å²) in [6.45, 7) is 3.99. The Bertz CT molecular complexity index is 1940. The van der Waals surface area contributed by atoms with Gasteiger partial charge in [-0.25, -0.2) is 9.36 Å². The minimum absolute atomic E-state index is 0.0230. The second-order valence-electron chi connectivity index (χ2n) is 8.55. The molecule has 0 aliphatic heterocycles. The maximum atomic E-state index is 13.6. The number of hydrogen-bond donors (Lipinski definition) is 1. The molecule has 3 heterocycles. The normalized spacial score (nSPS) is 11.6. The molecule has 0 saturated carbocycles. The molecule has 0 aliphatic carbocycles. The molecule has 3 aromatic carbocycles. The number of nitrogens with zero attached hydrogens (tertiary/aromatic N) is 4. The van der Waals surface area contributed by atoms with Crippen LogP contribution in [-0.4, -0.2) is 24.3 Å². The summed E-state index contributed by atoms with van der Waals surface area (Å²) >= 11 is 1.40. The number of aromatic nitrogens is 4. The van der Waals surface area contributed by atoms with E-state index in [2.05, 4.69) is 10.2 Å². The smallest absolute Gasteiger partial charge is 0.336 e. The lowest BCUT2D eigenvalue weighted by molar-refractivity contribution is 0.473. The number of rotatable bonds is 4. The number of phenols is 1. The van der Waals surface area contributed by atoms with Gasteiger partial charge >= 0.3 is 5.63 Å². The van der Waals surface area contributed by atoms with Crippen LogP contribution in [0.25, 0.3) is 33.3 Å². The van der Waals surface area contributed by atoms with Gasteiger partial charge in [-0.1, -0.05) is 36.0 Å². The molecule has 0 bridgehead atoms. The van der Waals surface area contributed by atoms with Crippen molar-refractivity contribution in [1.29, 1.82) is 0 Å². The molecule has 178 valence electrons. The molecule has 0 atom stereocenters. The van der Waals surface area contributed by atoms with Gasteiger partial charge in [0.25, 0.3) is 5.56 Å². The van der Waals surface area contributed by atoms with Crippen molar-refractivity contribution in [3.05, 3.63) is 104 Å². The Morgan fingerprint density at radius 3 is 2.64 bits per heavy atom. The van der Waals surface area contributed by atoms with E-state index in [9.17, 15) is 14.7 Å². The number of phenolic OH excluding ortho intramolecular Hbond substituents is 1. The molecular weight excluding hydrogens is 476 g/mol.